The van der Waals surface area contributed by atoms with Crippen molar-refractivity contribution >= 4 is 5.97 Å². The van der Waals surface area contributed by atoms with Gasteiger partial charge in [-0.05, 0) is 25.8 Å². The Morgan fingerprint density at radius 2 is 2.25 bits per heavy atom. The first-order valence-electron chi connectivity index (χ1n) is 5.99. The highest BCUT2D eigenvalue weighted by molar-refractivity contribution is 5.69. The van der Waals surface area contributed by atoms with Crippen molar-refractivity contribution in [2.75, 3.05) is 0 Å². The van der Waals surface area contributed by atoms with Gasteiger partial charge in [0.25, 0.3) is 0 Å². The van der Waals surface area contributed by atoms with Gasteiger partial charge in [-0.15, -0.1) is 0 Å². The van der Waals surface area contributed by atoms with E-state index in [1.54, 1.807) is 0 Å². The lowest BCUT2D eigenvalue weighted by Gasteiger charge is -2.10. The average molecular weight is 222 g/mol. The summed E-state index contributed by atoms with van der Waals surface area (Å²) in [5, 5.41) is 13.1. The van der Waals surface area contributed by atoms with E-state index in [4.69, 9.17) is 5.11 Å². The second kappa shape index (κ2) is 4.68. The summed E-state index contributed by atoms with van der Waals surface area (Å²) in [4.78, 5) is 10.6. The Morgan fingerprint density at radius 1 is 1.56 bits per heavy atom. The molecule has 1 aromatic heterocycles. The molecule has 1 aliphatic carbocycles. The molecule has 4 nitrogen and oxygen atoms in total. The Kier molecular flexibility index (Phi) is 3.27. The maximum absolute atomic E-state index is 10.6. The standard InChI is InChI=1S/C12H18N2O2/c1-2-14-11(9-5-3-4-6-9)7-10(13-14)8-12(15)16/h7,9H,2-6,8H2,1H3,(H,15,16). The number of aryl methyl sites for hydroxylation is 1. The van der Waals surface area contributed by atoms with E-state index < -0.39 is 5.97 Å². The van der Waals surface area contributed by atoms with Crippen LogP contribution in [0.25, 0.3) is 0 Å². The molecule has 0 bridgehead atoms. The lowest BCUT2D eigenvalue weighted by Crippen LogP contribution is -2.06. The minimum atomic E-state index is -0.807. The summed E-state index contributed by atoms with van der Waals surface area (Å²) in [6, 6.07) is 1.98. The number of carboxylic acids is 1. The number of carbonyl (C=O) groups is 1. The molecule has 0 amide bonds. The summed E-state index contributed by atoms with van der Waals surface area (Å²) in [7, 11) is 0. The van der Waals surface area contributed by atoms with Crippen LogP contribution in [-0.2, 0) is 17.8 Å². The normalized spacial score (nSPS) is 16.8. The van der Waals surface area contributed by atoms with E-state index >= 15 is 0 Å². The van der Waals surface area contributed by atoms with E-state index in [1.807, 2.05) is 10.7 Å². The lowest BCUT2D eigenvalue weighted by atomic mass is 10.0. The molecule has 0 spiro atoms. The molecule has 2 rings (SSSR count). The van der Waals surface area contributed by atoms with E-state index in [0.29, 0.717) is 11.6 Å². The van der Waals surface area contributed by atoms with Crippen molar-refractivity contribution in [1.29, 1.82) is 0 Å². The van der Waals surface area contributed by atoms with Gasteiger partial charge >= 0.3 is 5.97 Å². The molecule has 0 unspecified atom stereocenters. The van der Waals surface area contributed by atoms with Crippen LogP contribution in [0.15, 0.2) is 6.07 Å². The van der Waals surface area contributed by atoms with E-state index in [9.17, 15) is 4.79 Å². The van der Waals surface area contributed by atoms with Gasteiger partial charge < -0.3 is 5.11 Å². The molecular formula is C12H18N2O2. The Hall–Kier alpha value is -1.32. The van der Waals surface area contributed by atoms with Crippen molar-refractivity contribution in [2.45, 2.75) is 51.5 Å². The minimum Gasteiger partial charge on any atom is -0.481 e. The van der Waals surface area contributed by atoms with E-state index in [-0.39, 0.29) is 6.42 Å². The summed E-state index contributed by atoms with van der Waals surface area (Å²) in [5.41, 5.74) is 1.92. The Morgan fingerprint density at radius 3 is 2.81 bits per heavy atom. The molecule has 1 N–H and O–H groups in total. The van der Waals surface area contributed by atoms with Crippen LogP contribution >= 0.6 is 0 Å². The topological polar surface area (TPSA) is 55.1 Å². The summed E-state index contributed by atoms with van der Waals surface area (Å²) in [6.45, 7) is 2.88. The number of carboxylic acid groups (broad SMARTS) is 1. The largest absolute Gasteiger partial charge is 0.481 e. The van der Waals surface area contributed by atoms with Crippen molar-refractivity contribution in [2.24, 2.45) is 0 Å². The van der Waals surface area contributed by atoms with Crippen LogP contribution in [0.2, 0.25) is 0 Å². The highest BCUT2D eigenvalue weighted by Gasteiger charge is 2.22. The first-order chi connectivity index (χ1) is 7.70. The van der Waals surface area contributed by atoms with E-state index in [1.165, 1.54) is 31.4 Å². The van der Waals surface area contributed by atoms with Crippen LogP contribution in [0, 0.1) is 0 Å². The quantitative estimate of drug-likeness (QED) is 0.849. The summed E-state index contributed by atoms with van der Waals surface area (Å²) >= 11 is 0. The number of aromatic nitrogens is 2. The predicted molar refractivity (Wildman–Crippen MR) is 60.4 cm³/mol. The fourth-order valence-electron chi connectivity index (χ4n) is 2.53. The van der Waals surface area contributed by atoms with Gasteiger partial charge in [0.15, 0.2) is 0 Å². The molecule has 1 saturated carbocycles. The number of rotatable bonds is 4. The van der Waals surface area contributed by atoms with Gasteiger partial charge in [0.1, 0.15) is 0 Å². The molecule has 88 valence electrons. The lowest BCUT2D eigenvalue weighted by molar-refractivity contribution is -0.136. The van der Waals surface area contributed by atoms with Crippen molar-refractivity contribution in [3.63, 3.8) is 0 Å². The van der Waals surface area contributed by atoms with Gasteiger partial charge in [-0.1, -0.05) is 12.8 Å². The zero-order chi connectivity index (χ0) is 11.5. The average Bonchev–Trinajstić information content (AvgIpc) is 2.83. The number of hydrogen-bond donors (Lipinski definition) is 1. The SMILES string of the molecule is CCn1nc(CC(=O)O)cc1C1CCCC1. The molecule has 1 fully saturated rings. The van der Waals surface area contributed by atoms with Crippen LogP contribution < -0.4 is 0 Å². The van der Waals surface area contributed by atoms with Gasteiger partial charge in [0.05, 0.1) is 12.1 Å². The fraction of sp³-hybridized carbons (Fsp3) is 0.667. The molecule has 0 saturated heterocycles. The van der Waals surface area contributed by atoms with Crippen molar-refractivity contribution in [3.05, 3.63) is 17.5 Å². The van der Waals surface area contributed by atoms with Gasteiger partial charge in [0.2, 0.25) is 0 Å². The minimum absolute atomic E-state index is 0.0344. The third kappa shape index (κ3) is 2.26. The molecule has 0 aromatic carbocycles. The van der Waals surface area contributed by atoms with Crippen LogP contribution in [0.3, 0.4) is 0 Å². The zero-order valence-electron chi connectivity index (χ0n) is 9.65. The van der Waals surface area contributed by atoms with Crippen LogP contribution in [0.1, 0.15) is 49.9 Å². The highest BCUT2D eigenvalue weighted by atomic mass is 16.4. The number of aliphatic carboxylic acids is 1. The second-order valence-corrected chi connectivity index (χ2v) is 4.43. The summed E-state index contributed by atoms with van der Waals surface area (Å²) in [6.07, 6.45) is 5.05. The molecule has 1 heterocycles. The molecule has 4 heteroatoms. The smallest absolute Gasteiger partial charge is 0.309 e. The fourth-order valence-corrected chi connectivity index (χ4v) is 2.53. The molecule has 1 aliphatic rings. The van der Waals surface area contributed by atoms with Gasteiger partial charge in [-0.25, -0.2) is 0 Å². The molecule has 0 radical (unpaired) electrons. The van der Waals surface area contributed by atoms with Crippen molar-refractivity contribution in [1.82, 2.24) is 9.78 Å². The zero-order valence-corrected chi connectivity index (χ0v) is 9.65. The third-order valence-electron chi connectivity index (χ3n) is 3.27. The maximum atomic E-state index is 10.6. The molecule has 0 atom stereocenters. The Bertz CT molecular complexity index is 378. The maximum Gasteiger partial charge on any atom is 0.309 e. The van der Waals surface area contributed by atoms with Crippen LogP contribution in [-0.4, -0.2) is 20.9 Å². The van der Waals surface area contributed by atoms with Gasteiger partial charge in [-0.2, -0.15) is 5.10 Å². The second-order valence-electron chi connectivity index (χ2n) is 4.43. The monoisotopic (exact) mass is 222 g/mol. The van der Waals surface area contributed by atoms with Gasteiger partial charge in [-0.3, -0.25) is 9.48 Å². The van der Waals surface area contributed by atoms with E-state index in [2.05, 4.69) is 12.0 Å². The first kappa shape index (κ1) is 11.2. The Balaban J connectivity index is 2.21. The first-order valence-corrected chi connectivity index (χ1v) is 5.99. The molecule has 16 heavy (non-hydrogen) atoms. The number of nitrogens with zero attached hydrogens (tertiary/aromatic N) is 2. The highest BCUT2D eigenvalue weighted by Crippen LogP contribution is 2.34. The Labute approximate surface area is 95.3 Å². The summed E-state index contributed by atoms with van der Waals surface area (Å²) < 4.78 is 1.97. The van der Waals surface area contributed by atoms with Crippen LogP contribution in [0.5, 0.6) is 0 Å². The van der Waals surface area contributed by atoms with E-state index in [0.717, 1.165) is 6.54 Å². The molecule has 1 aromatic rings. The van der Waals surface area contributed by atoms with Crippen molar-refractivity contribution in [3.8, 4) is 0 Å². The molecular weight excluding hydrogens is 204 g/mol. The number of hydrogen-bond acceptors (Lipinski definition) is 2. The van der Waals surface area contributed by atoms with Gasteiger partial charge in [0, 0.05) is 18.2 Å². The summed E-state index contributed by atoms with van der Waals surface area (Å²) in [5.74, 6) is -0.214. The predicted octanol–water partition coefficient (Wildman–Crippen LogP) is 2.19. The third-order valence-corrected chi connectivity index (χ3v) is 3.27. The van der Waals surface area contributed by atoms with Crippen molar-refractivity contribution < 1.29 is 9.90 Å². The van der Waals surface area contributed by atoms with Crippen LogP contribution in [0.4, 0.5) is 0 Å². The molecule has 0 aliphatic heterocycles.